The van der Waals surface area contributed by atoms with E-state index in [1.54, 1.807) is 24.3 Å². The highest BCUT2D eigenvalue weighted by Crippen LogP contribution is 2.37. The highest BCUT2D eigenvalue weighted by molar-refractivity contribution is 7.92. The number of halogens is 3. The van der Waals surface area contributed by atoms with E-state index in [0.717, 1.165) is 27.8 Å². The van der Waals surface area contributed by atoms with E-state index in [1.807, 2.05) is 24.3 Å². The van der Waals surface area contributed by atoms with Crippen molar-refractivity contribution in [3.05, 3.63) is 99.3 Å². The summed E-state index contributed by atoms with van der Waals surface area (Å²) in [4.78, 5) is 13.4. The molecule has 1 aliphatic heterocycles. The second kappa shape index (κ2) is 9.54. The molecule has 0 aliphatic carbocycles. The SMILES string of the molecule is CS(=O)(=O)N(c1cccc(C(=O)O)c1F)C1CN(C(c2ccc(Cl)cc2)c2ccc(Cl)cc2)C1. The minimum Gasteiger partial charge on any atom is -0.478 e. The van der Waals surface area contributed by atoms with Crippen LogP contribution in [-0.4, -0.2) is 49.8 Å². The molecule has 10 heteroatoms. The summed E-state index contributed by atoms with van der Waals surface area (Å²) in [5.74, 6) is -2.54. The lowest BCUT2D eigenvalue weighted by Crippen LogP contribution is -2.61. The molecule has 3 aromatic carbocycles. The molecule has 0 atom stereocenters. The molecule has 1 saturated heterocycles. The molecule has 178 valence electrons. The first kappa shape index (κ1) is 24.5. The van der Waals surface area contributed by atoms with Crippen molar-refractivity contribution in [1.29, 1.82) is 0 Å². The van der Waals surface area contributed by atoms with Crippen molar-refractivity contribution in [1.82, 2.24) is 4.90 Å². The van der Waals surface area contributed by atoms with Gasteiger partial charge >= 0.3 is 5.97 Å². The van der Waals surface area contributed by atoms with Gasteiger partial charge in [-0.1, -0.05) is 53.5 Å². The molecule has 3 aromatic rings. The zero-order valence-corrected chi connectivity index (χ0v) is 20.4. The summed E-state index contributed by atoms with van der Waals surface area (Å²) in [6, 6.07) is 17.7. The monoisotopic (exact) mass is 522 g/mol. The maximum atomic E-state index is 15.0. The Kier molecular flexibility index (Phi) is 6.87. The van der Waals surface area contributed by atoms with Gasteiger partial charge in [-0.25, -0.2) is 17.6 Å². The summed E-state index contributed by atoms with van der Waals surface area (Å²) in [7, 11) is -3.89. The summed E-state index contributed by atoms with van der Waals surface area (Å²) in [5, 5.41) is 10.4. The molecular formula is C24H21Cl2FN2O4S. The third kappa shape index (κ3) is 4.90. The Balaban J connectivity index is 1.67. The molecule has 6 nitrogen and oxygen atoms in total. The molecule has 0 saturated carbocycles. The van der Waals surface area contributed by atoms with Crippen molar-refractivity contribution < 1.29 is 22.7 Å². The third-order valence-electron chi connectivity index (χ3n) is 5.76. The molecule has 0 amide bonds. The molecule has 0 bridgehead atoms. The average molecular weight is 523 g/mol. The molecule has 1 aliphatic rings. The van der Waals surface area contributed by atoms with Crippen molar-refractivity contribution in [3.8, 4) is 0 Å². The predicted octanol–water partition coefficient (Wildman–Crippen LogP) is 5.07. The van der Waals surface area contributed by atoms with Gasteiger partial charge in [-0.05, 0) is 47.5 Å². The van der Waals surface area contributed by atoms with Gasteiger partial charge in [0, 0.05) is 23.1 Å². The van der Waals surface area contributed by atoms with Crippen LogP contribution in [0.3, 0.4) is 0 Å². The number of hydrogen-bond acceptors (Lipinski definition) is 4. The van der Waals surface area contributed by atoms with Gasteiger partial charge in [0.05, 0.1) is 29.6 Å². The molecule has 0 unspecified atom stereocenters. The van der Waals surface area contributed by atoms with Gasteiger partial charge in [0.15, 0.2) is 5.82 Å². The first-order valence-electron chi connectivity index (χ1n) is 10.3. The first-order valence-corrected chi connectivity index (χ1v) is 12.9. The maximum absolute atomic E-state index is 15.0. The molecule has 0 aromatic heterocycles. The lowest BCUT2D eigenvalue weighted by atomic mass is 9.93. The van der Waals surface area contributed by atoms with E-state index in [4.69, 9.17) is 23.2 Å². The van der Waals surface area contributed by atoms with E-state index >= 15 is 0 Å². The number of benzene rings is 3. The van der Waals surface area contributed by atoms with E-state index in [9.17, 15) is 22.7 Å². The number of aromatic carboxylic acids is 1. The highest BCUT2D eigenvalue weighted by Gasteiger charge is 2.41. The lowest BCUT2D eigenvalue weighted by molar-refractivity contribution is 0.0691. The molecule has 1 N–H and O–H groups in total. The smallest absolute Gasteiger partial charge is 0.338 e. The molecule has 0 spiro atoms. The van der Waals surface area contributed by atoms with Crippen LogP contribution in [0, 0.1) is 5.82 Å². The second-order valence-corrected chi connectivity index (χ2v) is 10.8. The van der Waals surface area contributed by atoms with E-state index in [2.05, 4.69) is 4.90 Å². The third-order valence-corrected chi connectivity index (χ3v) is 7.48. The minimum atomic E-state index is -3.89. The predicted molar refractivity (Wildman–Crippen MR) is 131 cm³/mol. The summed E-state index contributed by atoms with van der Waals surface area (Å²) >= 11 is 12.1. The largest absolute Gasteiger partial charge is 0.478 e. The lowest BCUT2D eigenvalue weighted by Gasteiger charge is -2.48. The number of anilines is 1. The minimum absolute atomic E-state index is 0.206. The van der Waals surface area contributed by atoms with Crippen molar-refractivity contribution in [2.75, 3.05) is 23.7 Å². The standard InChI is InChI=1S/C24H21Cl2FN2O4S/c1-34(32,33)29(21-4-2-3-20(22(21)27)24(30)31)19-13-28(14-19)23(15-5-9-17(25)10-6-15)16-7-11-18(26)12-8-16/h2-12,19,23H,13-14H2,1H3,(H,30,31). The van der Waals surface area contributed by atoms with Crippen LogP contribution in [0.15, 0.2) is 66.7 Å². The Morgan fingerprint density at radius 3 is 1.94 bits per heavy atom. The number of rotatable bonds is 7. The van der Waals surface area contributed by atoms with Crippen LogP contribution in [0.1, 0.15) is 27.5 Å². The fourth-order valence-corrected chi connectivity index (χ4v) is 5.68. The van der Waals surface area contributed by atoms with Crippen molar-refractivity contribution >= 4 is 44.9 Å². The van der Waals surface area contributed by atoms with Crippen molar-refractivity contribution in [2.24, 2.45) is 0 Å². The zero-order valence-electron chi connectivity index (χ0n) is 18.0. The van der Waals surface area contributed by atoms with Crippen LogP contribution in [0.2, 0.25) is 10.0 Å². The molecule has 34 heavy (non-hydrogen) atoms. The van der Waals surface area contributed by atoms with E-state index < -0.39 is 33.4 Å². The van der Waals surface area contributed by atoms with Crippen LogP contribution >= 0.6 is 23.2 Å². The number of hydrogen-bond donors (Lipinski definition) is 1. The number of nitrogens with zero attached hydrogens (tertiary/aromatic N) is 2. The van der Waals surface area contributed by atoms with Gasteiger partial charge in [-0.3, -0.25) is 9.21 Å². The quantitative estimate of drug-likeness (QED) is 0.468. The van der Waals surface area contributed by atoms with Crippen LogP contribution < -0.4 is 4.31 Å². The molecular weight excluding hydrogens is 502 g/mol. The van der Waals surface area contributed by atoms with Gasteiger partial charge in [0.1, 0.15) is 0 Å². The van der Waals surface area contributed by atoms with Crippen molar-refractivity contribution in [2.45, 2.75) is 12.1 Å². The molecule has 0 radical (unpaired) electrons. The Bertz CT molecular complexity index is 1270. The van der Waals surface area contributed by atoms with Gasteiger partial charge in [0.2, 0.25) is 10.0 Å². The molecule has 1 heterocycles. The van der Waals surface area contributed by atoms with Crippen LogP contribution in [0.4, 0.5) is 10.1 Å². The Morgan fingerprint density at radius 1 is 1.00 bits per heavy atom. The Labute approximate surface area is 207 Å². The zero-order chi connectivity index (χ0) is 24.6. The highest BCUT2D eigenvalue weighted by atomic mass is 35.5. The summed E-state index contributed by atoms with van der Waals surface area (Å²) in [6.07, 6.45) is 0.985. The van der Waals surface area contributed by atoms with Crippen LogP contribution in [0.25, 0.3) is 0 Å². The van der Waals surface area contributed by atoms with Gasteiger partial charge < -0.3 is 5.11 Å². The van der Waals surface area contributed by atoms with Gasteiger partial charge in [0.25, 0.3) is 0 Å². The topological polar surface area (TPSA) is 77.9 Å². The average Bonchev–Trinajstić information content (AvgIpc) is 2.74. The van der Waals surface area contributed by atoms with E-state index in [0.29, 0.717) is 23.1 Å². The molecule has 4 rings (SSSR count). The van der Waals surface area contributed by atoms with Crippen LogP contribution in [-0.2, 0) is 10.0 Å². The normalized spacial score (nSPS) is 14.7. The van der Waals surface area contributed by atoms with Crippen LogP contribution in [0.5, 0.6) is 0 Å². The van der Waals surface area contributed by atoms with Crippen molar-refractivity contribution in [3.63, 3.8) is 0 Å². The number of carboxylic acids is 1. The van der Waals surface area contributed by atoms with Gasteiger partial charge in [-0.15, -0.1) is 0 Å². The number of carbonyl (C=O) groups is 1. The summed E-state index contributed by atoms with van der Waals surface area (Å²) in [5.41, 5.74) is 1.05. The fourth-order valence-electron chi connectivity index (χ4n) is 4.25. The number of sulfonamides is 1. The number of likely N-dealkylation sites (tertiary alicyclic amines) is 1. The van der Waals surface area contributed by atoms with E-state index in [-0.39, 0.29) is 11.7 Å². The summed E-state index contributed by atoms with van der Waals surface area (Å²) < 4.78 is 41.2. The second-order valence-electron chi connectivity index (χ2n) is 8.12. The van der Waals surface area contributed by atoms with E-state index in [1.165, 1.54) is 12.1 Å². The fraction of sp³-hybridized carbons (Fsp3) is 0.208. The Hall–Kier alpha value is -2.65. The summed E-state index contributed by atoms with van der Waals surface area (Å²) in [6.45, 7) is 0.611. The number of carboxylic acid groups (broad SMARTS) is 1. The van der Waals surface area contributed by atoms with Gasteiger partial charge in [-0.2, -0.15) is 0 Å². The molecule has 1 fully saturated rings. The Morgan fingerprint density at radius 2 is 1.50 bits per heavy atom. The first-order chi connectivity index (χ1) is 16.1. The maximum Gasteiger partial charge on any atom is 0.338 e.